The number of rotatable bonds is 4. The Kier molecular flexibility index (Phi) is 3.28. The van der Waals surface area contributed by atoms with E-state index in [0.29, 0.717) is 6.61 Å². The zero-order chi connectivity index (χ0) is 11.4. The van der Waals surface area contributed by atoms with Gasteiger partial charge in [-0.25, -0.2) is 9.59 Å². The predicted octanol–water partition coefficient (Wildman–Crippen LogP) is 1.48. The van der Waals surface area contributed by atoms with Crippen LogP contribution in [-0.4, -0.2) is 28.8 Å². The van der Waals surface area contributed by atoms with E-state index >= 15 is 0 Å². The van der Waals surface area contributed by atoms with Crippen LogP contribution in [0.15, 0.2) is 18.2 Å². The molecule has 5 heteroatoms. The topological polar surface area (TPSA) is 83.8 Å². The zero-order valence-corrected chi connectivity index (χ0v) is 8.06. The standard InChI is InChI=1S/C10H10O5/c1-2-15-8-4-6(9(11)12)3-7(5-8)10(13)14/h3-5H,2H2,1H3,(H,11,12)(H,13,14). The normalized spacial score (nSPS) is 9.67. The third-order valence-electron chi connectivity index (χ3n) is 1.71. The molecule has 0 aliphatic rings. The van der Waals surface area contributed by atoms with Gasteiger partial charge in [0.15, 0.2) is 0 Å². The van der Waals surface area contributed by atoms with Gasteiger partial charge in [-0.05, 0) is 25.1 Å². The molecule has 0 aliphatic heterocycles. The molecule has 0 saturated carbocycles. The van der Waals surface area contributed by atoms with Crippen molar-refractivity contribution in [2.45, 2.75) is 6.92 Å². The second-order valence-corrected chi connectivity index (χ2v) is 2.79. The predicted molar refractivity (Wildman–Crippen MR) is 51.5 cm³/mol. The number of ether oxygens (including phenoxy) is 1. The van der Waals surface area contributed by atoms with Crippen molar-refractivity contribution in [1.29, 1.82) is 0 Å². The molecule has 0 unspecified atom stereocenters. The molecule has 1 aromatic carbocycles. The maximum Gasteiger partial charge on any atom is 0.335 e. The molecule has 0 amide bonds. The maximum atomic E-state index is 10.7. The largest absolute Gasteiger partial charge is 0.494 e. The Morgan fingerprint density at radius 3 is 1.93 bits per heavy atom. The van der Waals surface area contributed by atoms with E-state index in [2.05, 4.69) is 0 Å². The molecule has 0 fully saturated rings. The van der Waals surface area contributed by atoms with Crippen molar-refractivity contribution < 1.29 is 24.5 Å². The monoisotopic (exact) mass is 210 g/mol. The molecule has 0 aromatic heterocycles. The summed E-state index contributed by atoms with van der Waals surface area (Å²) in [6.07, 6.45) is 0. The van der Waals surface area contributed by atoms with Crippen molar-refractivity contribution in [2.75, 3.05) is 6.61 Å². The van der Waals surface area contributed by atoms with Gasteiger partial charge in [0.1, 0.15) is 5.75 Å². The second-order valence-electron chi connectivity index (χ2n) is 2.79. The Hall–Kier alpha value is -2.04. The Morgan fingerprint density at radius 1 is 1.13 bits per heavy atom. The quantitative estimate of drug-likeness (QED) is 0.786. The van der Waals surface area contributed by atoms with Crippen LogP contribution in [0.3, 0.4) is 0 Å². The number of carboxylic acid groups (broad SMARTS) is 2. The number of benzene rings is 1. The lowest BCUT2D eigenvalue weighted by atomic mass is 10.1. The Balaban J connectivity index is 3.19. The smallest absolute Gasteiger partial charge is 0.335 e. The van der Waals surface area contributed by atoms with E-state index in [0.717, 1.165) is 6.07 Å². The van der Waals surface area contributed by atoms with E-state index < -0.39 is 11.9 Å². The average molecular weight is 210 g/mol. The number of hydrogen-bond donors (Lipinski definition) is 2. The number of carbonyl (C=O) groups is 2. The molecular formula is C10H10O5. The summed E-state index contributed by atoms with van der Waals surface area (Å²) in [6.45, 7) is 2.08. The third kappa shape index (κ3) is 2.70. The fraction of sp³-hybridized carbons (Fsp3) is 0.200. The van der Waals surface area contributed by atoms with Gasteiger partial charge in [-0.15, -0.1) is 0 Å². The lowest BCUT2D eigenvalue weighted by molar-refractivity contribution is 0.0696. The van der Waals surface area contributed by atoms with Crippen molar-refractivity contribution in [3.05, 3.63) is 29.3 Å². The summed E-state index contributed by atoms with van der Waals surface area (Å²) >= 11 is 0. The maximum absolute atomic E-state index is 10.7. The molecule has 0 bridgehead atoms. The molecule has 15 heavy (non-hydrogen) atoms. The first kappa shape index (κ1) is 11.0. The van der Waals surface area contributed by atoms with Crippen molar-refractivity contribution in [1.82, 2.24) is 0 Å². The van der Waals surface area contributed by atoms with Crippen molar-refractivity contribution in [3.8, 4) is 5.75 Å². The van der Waals surface area contributed by atoms with Crippen molar-refractivity contribution in [2.24, 2.45) is 0 Å². The molecule has 0 aliphatic carbocycles. The summed E-state index contributed by atoms with van der Waals surface area (Å²) in [5, 5.41) is 17.5. The van der Waals surface area contributed by atoms with Crippen LogP contribution in [0.5, 0.6) is 5.75 Å². The Bertz CT molecular complexity index is 365. The van der Waals surface area contributed by atoms with Gasteiger partial charge in [-0.1, -0.05) is 0 Å². The van der Waals surface area contributed by atoms with Gasteiger partial charge in [0.25, 0.3) is 0 Å². The van der Waals surface area contributed by atoms with Crippen LogP contribution in [0.4, 0.5) is 0 Å². The minimum absolute atomic E-state index is 0.0987. The molecule has 0 atom stereocenters. The fourth-order valence-corrected chi connectivity index (χ4v) is 1.10. The summed E-state index contributed by atoms with van der Waals surface area (Å²) in [7, 11) is 0. The van der Waals surface area contributed by atoms with Crippen molar-refractivity contribution >= 4 is 11.9 Å². The highest BCUT2D eigenvalue weighted by Gasteiger charge is 2.11. The van der Waals surface area contributed by atoms with Crippen molar-refractivity contribution in [3.63, 3.8) is 0 Å². The lowest BCUT2D eigenvalue weighted by Crippen LogP contribution is -2.04. The minimum Gasteiger partial charge on any atom is -0.494 e. The number of hydrogen-bond acceptors (Lipinski definition) is 3. The summed E-state index contributed by atoms with van der Waals surface area (Å²) < 4.78 is 5.06. The summed E-state index contributed by atoms with van der Waals surface area (Å²) in [5.74, 6) is -2.12. The highest BCUT2D eigenvalue weighted by atomic mass is 16.5. The molecular weight excluding hydrogens is 200 g/mol. The number of aromatic carboxylic acids is 2. The van der Waals surface area contributed by atoms with Gasteiger partial charge >= 0.3 is 11.9 Å². The van der Waals surface area contributed by atoms with Crippen LogP contribution in [-0.2, 0) is 0 Å². The third-order valence-corrected chi connectivity index (χ3v) is 1.71. The SMILES string of the molecule is CCOc1cc(C(=O)O)cc(C(=O)O)c1. The van der Waals surface area contributed by atoms with E-state index in [-0.39, 0.29) is 16.9 Å². The lowest BCUT2D eigenvalue weighted by Gasteiger charge is -2.05. The van der Waals surface area contributed by atoms with Gasteiger partial charge in [0.05, 0.1) is 17.7 Å². The summed E-state index contributed by atoms with van der Waals surface area (Å²) in [5.41, 5.74) is -0.197. The second kappa shape index (κ2) is 4.45. The van der Waals surface area contributed by atoms with Crippen LogP contribution in [0.25, 0.3) is 0 Å². The highest BCUT2D eigenvalue weighted by Crippen LogP contribution is 2.17. The average Bonchev–Trinajstić information content (AvgIpc) is 2.17. The van der Waals surface area contributed by atoms with Crippen LogP contribution >= 0.6 is 0 Å². The summed E-state index contributed by atoms with van der Waals surface area (Å²) in [6, 6.07) is 3.67. The van der Waals surface area contributed by atoms with Gasteiger partial charge in [-0.3, -0.25) is 0 Å². The molecule has 0 saturated heterocycles. The van der Waals surface area contributed by atoms with Gasteiger partial charge < -0.3 is 14.9 Å². The first-order chi connectivity index (χ1) is 7.04. The van der Waals surface area contributed by atoms with Gasteiger partial charge in [0, 0.05) is 0 Å². The first-order valence-electron chi connectivity index (χ1n) is 4.29. The van der Waals surface area contributed by atoms with E-state index in [1.165, 1.54) is 12.1 Å². The van der Waals surface area contributed by atoms with E-state index in [1.807, 2.05) is 0 Å². The van der Waals surface area contributed by atoms with E-state index in [1.54, 1.807) is 6.92 Å². The molecule has 5 nitrogen and oxygen atoms in total. The van der Waals surface area contributed by atoms with E-state index in [4.69, 9.17) is 14.9 Å². The summed E-state index contributed by atoms with van der Waals surface area (Å²) in [4.78, 5) is 21.4. The Labute approximate surface area is 85.9 Å². The molecule has 1 rings (SSSR count). The first-order valence-corrected chi connectivity index (χ1v) is 4.29. The highest BCUT2D eigenvalue weighted by molar-refractivity contribution is 5.94. The fourth-order valence-electron chi connectivity index (χ4n) is 1.10. The van der Waals surface area contributed by atoms with E-state index in [9.17, 15) is 9.59 Å². The molecule has 0 radical (unpaired) electrons. The minimum atomic E-state index is -1.18. The van der Waals surface area contributed by atoms with Crippen LogP contribution < -0.4 is 4.74 Å². The molecule has 2 N–H and O–H groups in total. The van der Waals surface area contributed by atoms with Gasteiger partial charge in [0.2, 0.25) is 0 Å². The number of carboxylic acids is 2. The zero-order valence-electron chi connectivity index (χ0n) is 8.06. The van der Waals surface area contributed by atoms with Gasteiger partial charge in [-0.2, -0.15) is 0 Å². The van der Waals surface area contributed by atoms with Crippen LogP contribution in [0, 0.1) is 0 Å². The Morgan fingerprint density at radius 2 is 1.60 bits per heavy atom. The molecule has 0 spiro atoms. The molecule has 1 aromatic rings. The molecule has 80 valence electrons. The molecule has 0 heterocycles. The van der Waals surface area contributed by atoms with Crippen LogP contribution in [0.2, 0.25) is 0 Å². The van der Waals surface area contributed by atoms with Crippen LogP contribution in [0.1, 0.15) is 27.6 Å².